The van der Waals surface area contributed by atoms with Crippen molar-refractivity contribution < 1.29 is 9.59 Å². The maximum atomic E-state index is 12.9. The highest BCUT2D eigenvalue weighted by Crippen LogP contribution is 2.30. The van der Waals surface area contributed by atoms with Crippen LogP contribution in [0.3, 0.4) is 0 Å². The van der Waals surface area contributed by atoms with Crippen LogP contribution in [0.15, 0.2) is 23.3 Å². The van der Waals surface area contributed by atoms with Crippen molar-refractivity contribution >= 4 is 23.2 Å². The van der Waals surface area contributed by atoms with Gasteiger partial charge in [0, 0.05) is 24.9 Å². The number of nitrogens with zero attached hydrogens (tertiary/aromatic N) is 3. The number of carbonyl (C=O) groups is 2. The van der Waals surface area contributed by atoms with Gasteiger partial charge < -0.3 is 4.90 Å². The quantitative estimate of drug-likeness (QED) is 0.853. The minimum atomic E-state index is -0.0530. The second-order valence-electron chi connectivity index (χ2n) is 7.08. The third-order valence-electron chi connectivity index (χ3n) is 4.60. The van der Waals surface area contributed by atoms with Crippen LogP contribution in [0, 0.1) is 13.8 Å². The van der Waals surface area contributed by atoms with Crippen LogP contribution in [0.4, 0.5) is 5.69 Å². The summed E-state index contributed by atoms with van der Waals surface area (Å²) in [5, 5.41) is 5.88. The molecule has 0 radical (unpaired) electrons. The van der Waals surface area contributed by atoms with Crippen LogP contribution in [0.5, 0.6) is 0 Å². The van der Waals surface area contributed by atoms with E-state index in [-0.39, 0.29) is 17.9 Å². The predicted octanol–water partition coefficient (Wildman–Crippen LogP) is 3.19. The average molecular weight is 327 g/mol. The van der Waals surface area contributed by atoms with Crippen LogP contribution in [0.25, 0.3) is 0 Å². The molecule has 1 aromatic rings. The number of hydrogen-bond acceptors (Lipinski definition) is 3. The highest BCUT2D eigenvalue weighted by molar-refractivity contribution is 6.40. The van der Waals surface area contributed by atoms with Gasteiger partial charge >= 0.3 is 0 Å². The largest absolute Gasteiger partial charge is 0.332 e. The van der Waals surface area contributed by atoms with Gasteiger partial charge in [0.25, 0.3) is 5.91 Å². The summed E-state index contributed by atoms with van der Waals surface area (Å²) in [6, 6.07) is 6.43. The number of carbonyl (C=O) groups excluding carboxylic acids is 2. The van der Waals surface area contributed by atoms with Crippen molar-refractivity contribution in [1.29, 1.82) is 0 Å². The molecule has 0 bridgehead atoms. The number of anilines is 1. The predicted molar refractivity (Wildman–Crippen MR) is 95.1 cm³/mol. The van der Waals surface area contributed by atoms with Crippen LogP contribution < -0.4 is 5.01 Å². The lowest BCUT2D eigenvalue weighted by Gasteiger charge is -2.30. The zero-order chi connectivity index (χ0) is 17.4. The summed E-state index contributed by atoms with van der Waals surface area (Å²) < 4.78 is 0. The first-order valence-corrected chi connectivity index (χ1v) is 8.69. The number of amides is 2. The lowest BCUT2D eigenvalue weighted by atomic mass is 10.1. The first-order valence-electron chi connectivity index (χ1n) is 8.69. The lowest BCUT2D eigenvalue weighted by molar-refractivity contribution is -0.126. The van der Waals surface area contributed by atoms with Gasteiger partial charge in [-0.1, -0.05) is 12.1 Å². The van der Waals surface area contributed by atoms with Crippen LogP contribution in [-0.2, 0) is 9.59 Å². The fourth-order valence-electron chi connectivity index (χ4n) is 3.17. The van der Waals surface area contributed by atoms with Crippen molar-refractivity contribution in [1.82, 2.24) is 4.90 Å². The van der Waals surface area contributed by atoms with Gasteiger partial charge in [0.1, 0.15) is 5.71 Å². The summed E-state index contributed by atoms with van der Waals surface area (Å²) in [5.41, 5.74) is 3.32. The average Bonchev–Trinajstić information content (AvgIpc) is 3.35. The fraction of sp³-hybridized carbons (Fsp3) is 0.526. The van der Waals surface area contributed by atoms with E-state index in [1.807, 2.05) is 50.8 Å². The molecule has 0 unspecified atom stereocenters. The monoisotopic (exact) mass is 327 g/mol. The molecule has 1 fully saturated rings. The van der Waals surface area contributed by atoms with Gasteiger partial charge in [-0.3, -0.25) is 9.59 Å². The van der Waals surface area contributed by atoms with E-state index in [1.165, 1.54) is 5.01 Å². The number of hydrogen-bond donors (Lipinski definition) is 0. The molecule has 2 aliphatic rings. The maximum Gasteiger partial charge on any atom is 0.270 e. The standard InChI is InChI=1S/C19H25N3O2/c1-12(2)21(15-7-8-15)19(24)16-9-10-18(23)22(20-16)17-11-13(3)5-6-14(17)4/h5-6,11-12,15H,7-10H2,1-4H3. The molecule has 1 aliphatic heterocycles. The molecule has 0 aromatic heterocycles. The number of aryl methyl sites for hydroxylation is 2. The lowest BCUT2D eigenvalue weighted by Crippen LogP contribution is -2.45. The smallest absolute Gasteiger partial charge is 0.270 e. The third-order valence-corrected chi connectivity index (χ3v) is 4.60. The molecule has 3 rings (SSSR count). The molecule has 5 nitrogen and oxygen atoms in total. The Kier molecular flexibility index (Phi) is 4.43. The summed E-state index contributed by atoms with van der Waals surface area (Å²) in [6.45, 7) is 8.01. The van der Waals surface area contributed by atoms with Crippen molar-refractivity contribution in [2.45, 2.75) is 65.5 Å². The molecule has 1 aliphatic carbocycles. The number of hydrazone groups is 1. The first kappa shape index (κ1) is 16.7. The Morgan fingerprint density at radius 1 is 1.25 bits per heavy atom. The minimum Gasteiger partial charge on any atom is -0.332 e. The van der Waals surface area contributed by atoms with Crippen LogP contribution >= 0.6 is 0 Å². The molecule has 24 heavy (non-hydrogen) atoms. The van der Waals surface area contributed by atoms with Crippen molar-refractivity contribution in [2.75, 3.05) is 5.01 Å². The Balaban J connectivity index is 1.93. The molecule has 2 amide bonds. The van der Waals surface area contributed by atoms with E-state index in [1.54, 1.807) is 0 Å². The topological polar surface area (TPSA) is 53.0 Å². The zero-order valence-electron chi connectivity index (χ0n) is 14.9. The van der Waals surface area contributed by atoms with Crippen LogP contribution in [0.2, 0.25) is 0 Å². The Bertz CT molecular complexity index is 703. The molecule has 0 spiro atoms. The summed E-state index contributed by atoms with van der Waals surface area (Å²) in [6.07, 6.45) is 2.89. The SMILES string of the molecule is Cc1ccc(C)c(N2N=C(C(=O)N(C(C)C)C3CC3)CCC2=O)c1. The summed E-state index contributed by atoms with van der Waals surface area (Å²) >= 11 is 0. The Morgan fingerprint density at radius 3 is 2.58 bits per heavy atom. The number of rotatable bonds is 4. The zero-order valence-corrected chi connectivity index (χ0v) is 14.9. The Morgan fingerprint density at radius 2 is 1.96 bits per heavy atom. The van der Waals surface area contributed by atoms with E-state index in [4.69, 9.17) is 0 Å². The molecular weight excluding hydrogens is 302 g/mol. The second kappa shape index (κ2) is 6.38. The minimum absolute atomic E-state index is 0.0182. The van der Waals surface area contributed by atoms with E-state index in [0.29, 0.717) is 24.6 Å². The first-order chi connectivity index (χ1) is 11.4. The maximum absolute atomic E-state index is 12.9. The third kappa shape index (κ3) is 3.21. The van der Waals surface area contributed by atoms with Gasteiger partial charge in [0.15, 0.2) is 0 Å². The van der Waals surface area contributed by atoms with Gasteiger partial charge in [0.2, 0.25) is 5.91 Å². The summed E-state index contributed by atoms with van der Waals surface area (Å²) in [5.74, 6) is -0.0712. The highest BCUT2D eigenvalue weighted by atomic mass is 16.2. The van der Waals surface area contributed by atoms with E-state index in [2.05, 4.69) is 5.10 Å². The van der Waals surface area contributed by atoms with Gasteiger partial charge in [-0.25, -0.2) is 5.01 Å². The molecule has 5 heteroatoms. The van der Waals surface area contributed by atoms with Gasteiger partial charge in [-0.15, -0.1) is 0 Å². The molecule has 1 saturated carbocycles. The molecule has 1 heterocycles. The molecule has 0 saturated heterocycles. The Labute approximate surface area is 143 Å². The van der Waals surface area contributed by atoms with E-state index in [0.717, 1.165) is 29.7 Å². The van der Waals surface area contributed by atoms with Crippen molar-refractivity contribution in [2.24, 2.45) is 5.10 Å². The van der Waals surface area contributed by atoms with Crippen molar-refractivity contribution in [3.8, 4) is 0 Å². The molecule has 128 valence electrons. The van der Waals surface area contributed by atoms with Crippen LogP contribution in [0.1, 0.15) is 50.7 Å². The Hall–Kier alpha value is -2.17. The van der Waals surface area contributed by atoms with Crippen molar-refractivity contribution in [3.05, 3.63) is 29.3 Å². The summed E-state index contributed by atoms with van der Waals surface area (Å²) in [7, 11) is 0. The van der Waals surface area contributed by atoms with Gasteiger partial charge in [-0.2, -0.15) is 5.10 Å². The molecule has 1 aromatic carbocycles. The fourth-order valence-corrected chi connectivity index (χ4v) is 3.17. The summed E-state index contributed by atoms with van der Waals surface area (Å²) in [4.78, 5) is 27.2. The van der Waals surface area contributed by atoms with Crippen molar-refractivity contribution in [3.63, 3.8) is 0 Å². The molecular formula is C19H25N3O2. The normalized spacial score (nSPS) is 18.0. The van der Waals surface area contributed by atoms with Gasteiger partial charge in [-0.05, 0) is 57.7 Å². The van der Waals surface area contributed by atoms with E-state index < -0.39 is 0 Å². The molecule has 0 atom stereocenters. The van der Waals surface area contributed by atoms with E-state index in [9.17, 15) is 9.59 Å². The van der Waals surface area contributed by atoms with Crippen LogP contribution in [-0.4, -0.2) is 34.5 Å². The highest BCUT2D eigenvalue weighted by Gasteiger charge is 2.37. The molecule has 0 N–H and O–H groups in total. The second-order valence-corrected chi connectivity index (χ2v) is 7.08. The van der Waals surface area contributed by atoms with E-state index >= 15 is 0 Å². The number of benzene rings is 1. The van der Waals surface area contributed by atoms with Gasteiger partial charge in [0.05, 0.1) is 5.69 Å².